The lowest BCUT2D eigenvalue weighted by Crippen LogP contribution is -2.27. The molecule has 0 aliphatic carbocycles. The maximum atomic E-state index is 13.1. The zero-order valence-electron chi connectivity index (χ0n) is 22.3. The first kappa shape index (κ1) is 29.4. The first-order chi connectivity index (χ1) is 19.7. The van der Waals surface area contributed by atoms with Crippen molar-refractivity contribution < 1.29 is 27.5 Å². The molecule has 0 saturated heterocycles. The van der Waals surface area contributed by atoms with Gasteiger partial charge in [-0.15, -0.1) is 0 Å². The quantitative estimate of drug-likeness (QED) is 0.214. The molecule has 41 heavy (non-hydrogen) atoms. The number of hydrogen-bond donors (Lipinski definition) is 3. The molecule has 0 aromatic heterocycles. The first-order valence-electron chi connectivity index (χ1n) is 12.5. The zero-order valence-corrected chi connectivity index (χ0v) is 23.9. The van der Waals surface area contributed by atoms with E-state index in [2.05, 4.69) is 15.4 Å². The van der Waals surface area contributed by atoms with Gasteiger partial charge >= 0.3 is 0 Å². The number of rotatable bonds is 11. The van der Waals surface area contributed by atoms with Crippen molar-refractivity contribution >= 4 is 44.8 Å². The van der Waals surface area contributed by atoms with Crippen LogP contribution < -0.4 is 24.8 Å². The topological polar surface area (TPSA) is 123 Å². The van der Waals surface area contributed by atoms with Crippen molar-refractivity contribution in [2.75, 3.05) is 30.8 Å². The van der Waals surface area contributed by atoms with Crippen LogP contribution in [0.1, 0.15) is 26.3 Å². The molecule has 0 spiro atoms. The molecule has 4 aromatic carbocycles. The zero-order chi connectivity index (χ0) is 29.4. The second-order valence-corrected chi connectivity index (χ2v) is 10.9. The number of carbonyl (C=O) groups excluding carboxylic acids is 2. The van der Waals surface area contributed by atoms with Gasteiger partial charge in [-0.25, -0.2) is 8.42 Å². The minimum Gasteiger partial charge on any atom is -0.493 e. The average Bonchev–Trinajstić information content (AvgIpc) is 2.97. The van der Waals surface area contributed by atoms with Crippen molar-refractivity contribution in [2.24, 2.45) is 0 Å². The summed E-state index contributed by atoms with van der Waals surface area (Å²) in [7, 11) is -0.702. The Bertz CT molecular complexity index is 1660. The van der Waals surface area contributed by atoms with Gasteiger partial charge in [0.1, 0.15) is 0 Å². The molecule has 0 aliphatic rings. The number of sulfonamides is 1. The molecule has 0 aliphatic heterocycles. The maximum absolute atomic E-state index is 13.1. The molecular formula is C30H28ClN3O6S. The van der Waals surface area contributed by atoms with Gasteiger partial charge in [0, 0.05) is 6.54 Å². The number of hydrogen-bond acceptors (Lipinski definition) is 6. The van der Waals surface area contributed by atoms with Crippen LogP contribution in [-0.2, 0) is 16.4 Å². The average molecular weight is 594 g/mol. The van der Waals surface area contributed by atoms with Crippen LogP contribution in [0.25, 0.3) is 0 Å². The fourth-order valence-electron chi connectivity index (χ4n) is 4.01. The molecule has 212 valence electrons. The van der Waals surface area contributed by atoms with Crippen LogP contribution in [0.3, 0.4) is 0 Å². The molecule has 4 rings (SSSR count). The van der Waals surface area contributed by atoms with E-state index in [-0.39, 0.29) is 32.6 Å². The molecule has 4 aromatic rings. The highest BCUT2D eigenvalue weighted by atomic mass is 35.5. The van der Waals surface area contributed by atoms with Crippen LogP contribution in [0.15, 0.2) is 95.9 Å². The van der Waals surface area contributed by atoms with Gasteiger partial charge < -0.3 is 20.1 Å². The van der Waals surface area contributed by atoms with Gasteiger partial charge in [0.15, 0.2) is 11.5 Å². The summed E-state index contributed by atoms with van der Waals surface area (Å²) >= 11 is 6.34. The Morgan fingerprint density at radius 1 is 0.780 bits per heavy atom. The van der Waals surface area contributed by atoms with Gasteiger partial charge in [-0.2, -0.15) is 0 Å². The molecule has 0 radical (unpaired) electrons. The van der Waals surface area contributed by atoms with E-state index >= 15 is 0 Å². The lowest BCUT2D eigenvalue weighted by atomic mass is 10.1. The van der Waals surface area contributed by atoms with E-state index < -0.39 is 15.9 Å². The first-order valence-corrected chi connectivity index (χ1v) is 14.3. The fourth-order valence-corrected chi connectivity index (χ4v) is 5.34. The number of ether oxygens (including phenoxy) is 2. The van der Waals surface area contributed by atoms with E-state index in [4.69, 9.17) is 21.1 Å². The molecule has 2 amide bonds. The summed E-state index contributed by atoms with van der Waals surface area (Å²) in [6.07, 6.45) is 0.552. The Hall–Kier alpha value is -4.54. The molecular weight excluding hydrogens is 566 g/mol. The van der Waals surface area contributed by atoms with Gasteiger partial charge in [-0.05, 0) is 66.6 Å². The van der Waals surface area contributed by atoms with Crippen LogP contribution in [0.5, 0.6) is 11.5 Å². The maximum Gasteiger partial charge on any atom is 0.261 e. The van der Waals surface area contributed by atoms with Gasteiger partial charge in [0.05, 0.1) is 46.6 Å². The lowest BCUT2D eigenvalue weighted by Gasteiger charge is -2.13. The number of anilines is 2. The molecule has 0 atom stereocenters. The summed E-state index contributed by atoms with van der Waals surface area (Å²) in [5.41, 5.74) is 1.83. The summed E-state index contributed by atoms with van der Waals surface area (Å²) in [4.78, 5) is 26.1. The number of carbonyl (C=O) groups is 2. The van der Waals surface area contributed by atoms with Crippen LogP contribution in [0.2, 0.25) is 5.02 Å². The standard InChI is InChI=1S/C30H28ClN3O6S/c1-39-27-15-12-20(18-28(27)40-2)16-17-32-29(35)24-10-6-7-11-26(24)33-30(36)23-14-13-21(19-25(23)31)34-41(37,38)22-8-4-3-5-9-22/h3-15,18-19,34H,16-17H2,1-2H3,(H,32,35)(H,33,36). The van der Waals surface area contributed by atoms with Gasteiger partial charge in [0.25, 0.3) is 21.8 Å². The van der Waals surface area contributed by atoms with Gasteiger partial charge in [-0.3, -0.25) is 14.3 Å². The molecule has 0 fully saturated rings. The van der Waals surface area contributed by atoms with E-state index in [0.717, 1.165) is 5.56 Å². The summed E-state index contributed by atoms with van der Waals surface area (Å²) in [5, 5.41) is 5.63. The number of nitrogens with one attached hydrogen (secondary N) is 3. The third-order valence-corrected chi connectivity index (χ3v) is 7.80. The number of para-hydroxylation sites is 1. The van der Waals surface area contributed by atoms with Crippen molar-refractivity contribution in [1.82, 2.24) is 5.32 Å². The smallest absolute Gasteiger partial charge is 0.261 e. The molecule has 0 heterocycles. The highest BCUT2D eigenvalue weighted by Crippen LogP contribution is 2.28. The predicted molar refractivity (Wildman–Crippen MR) is 159 cm³/mol. The van der Waals surface area contributed by atoms with E-state index in [9.17, 15) is 18.0 Å². The van der Waals surface area contributed by atoms with Crippen LogP contribution in [-0.4, -0.2) is 41.0 Å². The van der Waals surface area contributed by atoms with Gasteiger partial charge in [0.2, 0.25) is 0 Å². The van der Waals surface area contributed by atoms with Crippen LogP contribution >= 0.6 is 11.6 Å². The Kier molecular flexibility index (Phi) is 9.49. The van der Waals surface area contributed by atoms with Crippen molar-refractivity contribution in [2.45, 2.75) is 11.3 Å². The van der Waals surface area contributed by atoms with Crippen molar-refractivity contribution in [1.29, 1.82) is 0 Å². The molecule has 9 nitrogen and oxygen atoms in total. The fraction of sp³-hybridized carbons (Fsp3) is 0.133. The van der Waals surface area contributed by atoms with Crippen molar-refractivity contribution in [3.05, 3.63) is 113 Å². The number of benzene rings is 4. The molecule has 0 unspecified atom stereocenters. The van der Waals surface area contributed by atoms with Gasteiger partial charge in [-0.1, -0.05) is 48.0 Å². The largest absolute Gasteiger partial charge is 0.493 e. The summed E-state index contributed by atoms with van der Waals surface area (Å²) in [6.45, 7) is 0.350. The number of amides is 2. The predicted octanol–water partition coefficient (Wildman–Crippen LogP) is 5.38. The highest BCUT2D eigenvalue weighted by molar-refractivity contribution is 7.92. The molecule has 3 N–H and O–H groups in total. The highest BCUT2D eigenvalue weighted by Gasteiger charge is 2.18. The normalized spacial score (nSPS) is 10.9. The van der Waals surface area contributed by atoms with Crippen LogP contribution in [0, 0.1) is 0 Å². The monoisotopic (exact) mass is 593 g/mol. The SMILES string of the molecule is COc1ccc(CCNC(=O)c2ccccc2NC(=O)c2ccc(NS(=O)(=O)c3ccccc3)cc2Cl)cc1OC. The number of halogens is 1. The Morgan fingerprint density at radius 3 is 2.20 bits per heavy atom. The van der Waals surface area contributed by atoms with Crippen molar-refractivity contribution in [3.8, 4) is 11.5 Å². The summed E-state index contributed by atoms with van der Waals surface area (Å²) in [5.74, 6) is 0.300. The molecule has 0 saturated carbocycles. The van der Waals surface area contributed by atoms with E-state index in [1.54, 1.807) is 62.8 Å². The Labute approximate surface area is 243 Å². The summed E-state index contributed by atoms with van der Waals surface area (Å²) < 4.78 is 38.2. The van der Waals surface area contributed by atoms with E-state index in [1.807, 2.05) is 12.1 Å². The summed E-state index contributed by atoms with van der Waals surface area (Å²) in [6, 6.07) is 24.2. The minimum atomic E-state index is -3.82. The lowest BCUT2D eigenvalue weighted by molar-refractivity contribution is 0.0955. The Morgan fingerprint density at radius 2 is 1.49 bits per heavy atom. The third kappa shape index (κ3) is 7.36. The molecule has 11 heteroatoms. The second kappa shape index (κ2) is 13.2. The number of methoxy groups -OCH3 is 2. The minimum absolute atomic E-state index is 0.0348. The van der Waals surface area contributed by atoms with Crippen molar-refractivity contribution in [3.63, 3.8) is 0 Å². The van der Waals surface area contributed by atoms with E-state index in [0.29, 0.717) is 30.2 Å². The van der Waals surface area contributed by atoms with Crippen LogP contribution in [0.4, 0.5) is 11.4 Å². The van der Waals surface area contributed by atoms with E-state index in [1.165, 1.54) is 30.3 Å². The Balaban J connectivity index is 1.41. The second-order valence-electron chi connectivity index (χ2n) is 8.81. The third-order valence-electron chi connectivity index (χ3n) is 6.09. The molecule has 0 bridgehead atoms.